The molecule has 8 heteroatoms. The number of nitrogens with zero attached hydrogens (tertiary/aromatic N) is 7. The Morgan fingerprint density at radius 2 is 1.79 bits per heavy atom. The van der Waals surface area contributed by atoms with Gasteiger partial charge in [-0.3, -0.25) is 0 Å². The number of aromatic nitrogens is 8. The Bertz CT molecular complexity index is 1150. The Hall–Kier alpha value is -3.29. The van der Waals surface area contributed by atoms with Gasteiger partial charge in [-0.15, -0.1) is 5.10 Å². The normalized spacial score (nSPS) is 12.5. The van der Waals surface area contributed by atoms with E-state index in [0.717, 1.165) is 55.3 Å². The molecule has 0 aliphatic carbocycles. The molecule has 4 aromatic rings. The number of hydrogen-bond donors (Lipinski definition) is 1. The molecule has 1 unspecified atom stereocenters. The molecular formula is C25H34N8. The van der Waals surface area contributed by atoms with Crippen molar-refractivity contribution in [2.24, 2.45) is 0 Å². The van der Waals surface area contributed by atoms with Crippen molar-refractivity contribution in [3.05, 3.63) is 59.3 Å². The number of aromatic amines is 1. The Morgan fingerprint density at radius 3 is 2.42 bits per heavy atom. The zero-order valence-electron chi connectivity index (χ0n) is 20.3. The lowest BCUT2D eigenvalue weighted by atomic mass is 10.1. The van der Waals surface area contributed by atoms with Crippen LogP contribution in [0, 0.1) is 0 Å². The standard InChI is InChI=1S/C25H34N8/c1-6-8-9-23-26-25(18(5)7-2)32(29-23)16-19-10-12-20(13-11-19)33-21(17(3)4)14-15-22(33)24-27-30-31-28-24/h10-15,17-18H,6-9,16H2,1-5H3,(H,27,28,30,31). The molecule has 0 aliphatic heterocycles. The second kappa shape index (κ2) is 10.1. The van der Waals surface area contributed by atoms with Gasteiger partial charge >= 0.3 is 0 Å². The van der Waals surface area contributed by atoms with Gasteiger partial charge in [0.15, 0.2) is 11.6 Å². The molecule has 0 spiro atoms. The maximum Gasteiger partial charge on any atom is 0.196 e. The maximum atomic E-state index is 4.87. The van der Waals surface area contributed by atoms with Crippen molar-refractivity contribution in [3.8, 4) is 17.2 Å². The smallest absolute Gasteiger partial charge is 0.196 e. The molecule has 0 saturated heterocycles. The predicted molar refractivity (Wildman–Crippen MR) is 129 cm³/mol. The molecule has 0 aliphatic rings. The van der Waals surface area contributed by atoms with Gasteiger partial charge in [-0.1, -0.05) is 53.2 Å². The van der Waals surface area contributed by atoms with Gasteiger partial charge in [-0.2, -0.15) is 5.10 Å². The third kappa shape index (κ3) is 4.89. The molecular weight excluding hydrogens is 412 g/mol. The van der Waals surface area contributed by atoms with Crippen molar-refractivity contribution >= 4 is 0 Å². The van der Waals surface area contributed by atoms with Gasteiger partial charge in [0.1, 0.15) is 5.82 Å². The van der Waals surface area contributed by atoms with Crippen LogP contribution in [0.1, 0.15) is 88.6 Å². The second-order valence-corrected chi connectivity index (χ2v) is 9.01. The van der Waals surface area contributed by atoms with Crippen LogP contribution in [0.25, 0.3) is 17.2 Å². The molecule has 3 aromatic heterocycles. The summed E-state index contributed by atoms with van der Waals surface area (Å²) in [5, 5.41) is 19.3. The molecule has 174 valence electrons. The van der Waals surface area contributed by atoms with E-state index in [1.807, 2.05) is 0 Å². The van der Waals surface area contributed by atoms with E-state index in [4.69, 9.17) is 10.1 Å². The average molecular weight is 447 g/mol. The molecule has 1 atom stereocenters. The van der Waals surface area contributed by atoms with E-state index < -0.39 is 0 Å². The first-order valence-corrected chi connectivity index (χ1v) is 12.0. The van der Waals surface area contributed by atoms with Crippen molar-refractivity contribution in [2.75, 3.05) is 0 Å². The summed E-state index contributed by atoms with van der Waals surface area (Å²) in [5.74, 6) is 3.46. The summed E-state index contributed by atoms with van der Waals surface area (Å²) < 4.78 is 4.31. The number of tetrazole rings is 1. The van der Waals surface area contributed by atoms with Crippen LogP contribution in [0.4, 0.5) is 0 Å². The maximum absolute atomic E-state index is 4.87. The minimum atomic E-state index is 0.365. The van der Waals surface area contributed by atoms with Crippen molar-refractivity contribution in [2.45, 2.75) is 78.7 Å². The van der Waals surface area contributed by atoms with Gasteiger partial charge in [-0.25, -0.2) is 14.8 Å². The van der Waals surface area contributed by atoms with Crippen LogP contribution < -0.4 is 0 Å². The first-order chi connectivity index (χ1) is 16.0. The molecule has 1 aromatic carbocycles. The fourth-order valence-corrected chi connectivity index (χ4v) is 4.07. The topological polar surface area (TPSA) is 90.1 Å². The lowest BCUT2D eigenvalue weighted by Gasteiger charge is -2.16. The van der Waals surface area contributed by atoms with Crippen molar-refractivity contribution < 1.29 is 0 Å². The highest BCUT2D eigenvalue weighted by Gasteiger charge is 2.18. The highest BCUT2D eigenvalue weighted by molar-refractivity contribution is 5.57. The highest BCUT2D eigenvalue weighted by Crippen LogP contribution is 2.28. The summed E-state index contributed by atoms with van der Waals surface area (Å²) in [5.41, 5.74) is 4.46. The summed E-state index contributed by atoms with van der Waals surface area (Å²) in [7, 11) is 0. The molecule has 4 rings (SSSR count). The van der Waals surface area contributed by atoms with Gasteiger partial charge in [-0.05, 0) is 59.0 Å². The number of hydrogen-bond acceptors (Lipinski definition) is 5. The van der Waals surface area contributed by atoms with E-state index >= 15 is 0 Å². The molecule has 0 radical (unpaired) electrons. The predicted octanol–water partition coefficient (Wildman–Crippen LogP) is 5.28. The summed E-state index contributed by atoms with van der Waals surface area (Å²) in [6, 6.07) is 12.9. The van der Waals surface area contributed by atoms with Crippen molar-refractivity contribution in [1.29, 1.82) is 0 Å². The Labute approximate surface area is 195 Å². The quantitative estimate of drug-likeness (QED) is 0.358. The largest absolute Gasteiger partial charge is 0.310 e. The highest BCUT2D eigenvalue weighted by atomic mass is 15.5. The summed E-state index contributed by atoms with van der Waals surface area (Å²) in [6.07, 6.45) is 4.27. The molecule has 3 heterocycles. The van der Waals surface area contributed by atoms with Crippen LogP contribution >= 0.6 is 0 Å². The number of nitrogens with one attached hydrogen (secondary N) is 1. The van der Waals surface area contributed by atoms with E-state index in [-0.39, 0.29) is 0 Å². The zero-order chi connectivity index (χ0) is 23.4. The van der Waals surface area contributed by atoms with E-state index in [0.29, 0.717) is 17.7 Å². The SMILES string of the molecule is CCCCc1nc(C(C)CC)n(Cc2ccc(-n3c(-c4nnn[nH]4)ccc3C(C)C)cc2)n1. The van der Waals surface area contributed by atoms with Crippen LogP contribution in [0.5, 0.6) is 0 Å². The Morgan fingerprint density at radius 1 is 1.00 bits per heavy atom. The lowest BCUT2D eigenvalue weighted by molar-refractivity contribution is 0.574. The number of aryl methyl sites for hydroxylation is 1. The van der Waals surface area contributed by atoms with Crippen LogP contribution in [0.3, 0.4) is 0 Å². The molecule has 0 saturated carbocycles. The minimum Gasteiger partial charge on any atom is -0.310 e. The fourth-order valence-electron chi connectivity index (χ4n) is 4.07. The Kier molecular flexibility index (Phi) is 7.01. The van der Waals surface area contributed by atoms with E-state index in [1.165, 1.54) is 11.3 Å². The Balaban J connectivity index is 1.63. The summed E-state index contributed by atoms with van der Waals surface area (Å²) in [4.78, 5) is 4.87. The molecule has 0 amide bonds. The minimum absolute atomic E-state index is 0.365. The van der Waals surface area contributed by atoms with Crippen LogP contribution in [0.15, 0.2) is 36.4 Å². The first-order valence-electron chi connectivity index (χ1n) is 12.0. The van der Waals surface area contributed by atoms with Crippen LogP contribution in [-0.2, 0) is 13.0 Å². The molecule has 33 heavy (non-hydrogen) atoms. The van der Waals surface area contributed by atoms with Crippen molar-refractivity contribution in [3.63, 3.8) is 0 Å². The summed E-state index contributed by atoms with van der Waals surface area (Å²) in [6.45, 7) is 11.7. The lowest BCUT2D eigenvalue weighted by Crippen LogP contribution is -2.10. The van der Waals surface area contributed by atoms with Crippen LogP contribution in [-0.4, -0.2) is 40.0 Å². The van der Waals surface area contributed by atoms with Gasteiger partial charge in [0.25, 0.3) is 0 Å². The van der Waals surface area contributed by atoms with Gasteiger partial charge < -0.3 is 4.57 Å². The average Bonchev–Trinajstić information content (AvgIpc) is 3.57. The number of rotatable bonds is 10. The number of benzene rings is 1. The second-order valence-electron chi connectivity index (χ2n) is 9.01. The fraction of sp³-hybridized carbons (Fsp3) is 0.480. The number of H-pyrrole nitrogens is 1. The molecule has 1 N–H and O–H groups in total. The van der Waals surface area contributed by atoms with E-state index in [9.17, 15) is 0 Å². The molecule has 0 fully saturated rings. The van der Waals surface area contributed by atoms with E-state index in [1.54, 1.807) is 0 Å². The third-order valence-electron chi connectivity index (χ3n) is 6.17. The van der Waals surface area contributed by atoms with Gasteiger partial charge in [0, 0.05) is 23.7 Å². The van der Waals surface area contributed by atoms with Crippen LogP contribution in [0.2, 0.25) is 0 Å². The number of unbranched alkanes of at least 4 members (excludes halogenated alkanes) is 1. The third-order valence-corrected chi connectivity index (χ3v) is 6.17. The van der Waals surface area contributed by atoms with Crippen molar-refractivity contribution in [1.82, 2.24) is 40.0 Å². The van der Waals surface area contributed by atoms with Gasteiger partial charge in [0.05, 0.1) is 12.2 Å². The molecule has 8 nitrogen and oxygen atoms in total. The first kappa shape index (κ1) is 22.9. The monoisotopic (exact) mass is 446 g/mol. The molecule has 0 bridgehead atoms. The summed E-state index contributed by atoms with van der Waals surface area (Å²) >= 11 is 0. The zero-order valence-corrected chi connectivity index (χ0v) is 20.3. The van der Waals surface area contributed by atoms with Gasteiger partial charge in [0.2, 0.25) is 0 Å². The van der Waals surface area contributed by atoms with E-state index in [2.05, 4.69) is 101 Å².